The van der Waals surface area contributed by atoms with E-state index in [1.165, 1.54) is 10.5 Å². The Balaban J connectivity index is 1.33. The number of nitrogens with one attached hydrogen (secondary N) is 2. The van der Waals surface area contributed by atoms with Crippen molar-refractivity contribution in [2.45, 2.75) is 37.1 Å². The molecule has 3 rings (SSSR count). The average Bonchev–Trinajstić information content (AvgIpc) is 2.71. The number of hydrogen-bond donors (Lipinski definition) is 2. The minimum absolute atomic E-state index is 0.0783. The molecule has 2 aromatic carbocycles. The van der Waals surface area contributed by atoms with Gasteiger partial charge in [-0.3, -0.25) is 4.79 Å². The number of thioether (sulfide) groups is 1. The van der Waals surface area contributed by atoms with Gasteiger partial charge in [-0.25, -0.2) is 4.79 Å². The minimum Gasteiger partial charge on any atom is -0.353 e. The fourth-order valence-corrected chi connectivity index (χ4v) is 4.00. The summed E-state index contributed by atoms with van der Waals surface area (Å²) in [6.45, 7) is 3.38. The summed E-state index contributed by atoms with van der Waals surface area (Å²) in [4.78, 5) is 27.5. The van der Waals surface area contributed by atoms with Crippen LogP contribution in [0.15, 0.2) is 59.5 Å². The van der Waals surface area contributed by atoms with Crippen molar-refractivity contribution in [3.05, 3.63) is 60.2 Å². The molecule has 28 heavy (non-hydrogen) atoms. The van der Waals surface area contributed by atoms with Gasteiger partial charge in [-0.05, 0) is 44.0 Å². The van der Waals surface area contributed by atoms with Gasteiger partial charge in [-0.15, -0.1) is 11.8 Å². The largest absolute Gasteiger partial charge is 0.353 e. The number of benzene rings is 2. The van der Waals surface area contributed by atoms with Crippen molar-refractivity contribution in [2.24, 2.45) is 0 Å². The molecule has 1 heterocycles. The molecule has 0 spiro atoms. The van der Waals surface area contributed by atoms with Gasteiger partial charge in [-0.2, -0.15) is 0 Å². The van der Waals surface area contributed by atoms with Gasteiger partial charge in [0.2, 0.25) is 5.91 Å². The molecule has 3 amide bonds. The van der Waals surface area contributed by atoms with Crippen molar-refractivity contribution in [2.75, 3.05) is 24.2 Å². The van der Waals surface area contributed by atoms with Gasteiger partial charge in [0, 0.05) is 41.9 Å². The summed E-state index contributed by atoms with van der Waals surface area (Å²) in [5.74, 6) is 0.861. The Bertz CT molecular complexity index is 772. The third kappa shape index (κ3) is 6.30. The number of piperidine rings is 1. The highest BCUT2D eigenvalue weighted by Gasteiger charge is 2.23. The SMILES string of the molecule is Cc1ccc(SCCC(=O)NC2CCN(C(=O)Nc3ccccc3)CC2)cc1. The third-order valence-electron chi connectivity index (χ3n) is 4.79. The van der Waals surface area contributed by atoms with Crippen LogP contribution in [-0.2, 0) is 4.79 Å². The number of para-hydroxylation sites is 1. The smallest absolute Gasteiger partial charge is 0.321 e. The molecule has 0 unspecified atom stereocenters. The van der Waals surface area contributed by atoms with Crippen LogP contribution in [0.3, 0.4) is 0 Å². The van der Waals surface area contributed by atoms with Crippen LogP contribution in [0.1, 0.15) is 24.8 Å². The van der Waals surface area contributed by atoms with E-state index in [-0.39, 0.29) is 18.0 Å². The summed E-state index contributed by atoms with van der Waals surface area (Å²) >= 11 is 1.70. The number of likely N-dealkylation sites (tertiary alicyclic amines) is 1. The average molecular weight is 398 g/mol. The zero-order chi connectivity index (χ0) is 19.8. The normalized spacial score (nSPS) is 14.5. The summed E-state index contributed by atoms with van der Waals surface area (Å²) in [7, 11) is 0. The number of carbonyl (C=O) groups is 2. The first-order valence-electron chi connectivity index (χ1n) is 9.70. The Kier molecular flexibility index (Phi) is 7.37. The summed E-state index contributed by atoms with van der Waals surface area (Å²) in [6.07, 6.45) is 2.09. The quantitative estimate of drug-likeness (QED) is 0.715. The Morgan fingerprint density at radius 3 is 2.39 bits per heavy atom. The zero-order valence-electron chi connectivity index (χ0n) is 16.2. The van der Waals surface area contributed by atoms with Crippen molar-refractivity contribution in [1.29, 1.82) is 0 Å². The van der Waals surface area contributed by atoms with Crippen molar-refractivity contribution in [1.82, 2.24) is 10.2 Å². The van der Waals surface area contributed by atoms with Gasteiger partial charge >= 0.3 is 6.03 Å². The maximum Gasteiger partial charge on any atom is 0.321 e. The number of hydrogen-bond acceptors (Lipinski definition) is 3. The second kappa shape index (κ2) is 10.2. The molecule has 0 radical (unpaired) electrons. The van der Waals surface area contributed by atoms with Crippen LogP contribution in [0, 0.1) is 6.92 Å². The number of urea groups is 1. The van der Waals surface area contributed by atoms with Crippen LogP contribution in [-0.4, -0.2) is 41.7 Å². The minimum atomic E-state index is -0.0783. The molecule has 0 aliphatic carbocycles. The van der Waals surface area contributed by atoms with Crippen molar-refractivity contribution < 1.29 is 9.59 Å². The first-order valence-corrected chi connectivity index (χ1v) is 10.7. The lowest BCUT2D eigenvalue weighted by Crippen LogP contribution is -2.47. The molecule has 1 aliphatic rings. The van der Waals surface area contributed by atoms with E-state index in [0.717, 1.165) is 24.3 Å². The lowest BCUT2D eigenvalue weighted by atomic mass is 10.1. The molecular weight excluding hydrogens is 370 g/mol. The molecule has 0 aromatic heterocycles. The van der Waals surface area contributed by atoms with Gasteiger partial charge in [0.15, 0.2) is 0 Å². The van der Waals surface area contributed by atoms with Crippen LogP contribution >= 0.6 is 11.8 Å². The second-order valence-corrected chi connectivity index (χ2v) is 8.20. The molecule has 0 bridgehead atoms. The lowest BCUT2D eigenvalue weighted by Gasteiger charge is -2.32. The highest BCUT2D eigenvalue weighted by atomic mass is 32.2. The number of amides is 3. The van der Waals surface area contributed by atoms with E-state index in [0.29, 0.717) is 19.5 Å². The molecule has 1 fully saturated rings. The number of anilines is 1. The standard InChI is InChI=1S/C22H27N3O2S/c1-17-7-9-20(10-8-17)28-16-13-21(26)23-19-11-14-25(15-12-19)22(27)24-18-5-3-2-4-6-18/h2-10,19H,11-16H2,1H3,(H,23,26)(H,24,27). The summed E-state index contributed by atoms with van der Waals surface area (Å²) < 4.78 is 0. The molecule has 6 heteroatoms. The molecule has 0 saturated carbocycles. The fraction of sp³-hybridized carbons (Fsp3) is 0.364. The predicted octanol–water partition coefficient (Wildman–Crippen LogP) is 4.29. The molecule has 5 nitrogen and oxygen atoms in total. The van der Waals surface area contributed by atoms with E-state index in [9.17, 15) is 9.59 Å². The van der Waals surface area contributed by atoms with Gasteiger partial charge < -0.3 is 15.5 Å². The number of carbonyl (C=O) groups excluding carboxylic acids is 2. The van der Waals surface area contributed by atoms with Crippen molar-refractivity contribution >= 4 is 29.4 Å². The first kappa shape index (κ1) is 20.3. The van der Waals surface area contributed by atoms with E-state index >= 15 is 0 Å². The van der Waals surface area contributed by atoms with Gasteiger partial charge in [0.05, 0.1) is 0 Å². The van der Waals surface area contributed by atoms with Crippen molar-refractivity contribution in [3.8, 4) is 0 Å². The van der Waals surface area contributed by atoms with Crippen LogP contribution in [0.2, 0.25) is 0 Å². The predicted molar refractivity (Wildman–Crippen MR) is 115 cm³/mol. The van der Waals surface area contributed by atoms with Crippen LogP contribution in [0.5, 0.6) is 0 Å². The molecule has 2 N–H and O–H groups in total. The number of aryl methyl sites for hydroxylation is 1. The molecule has 2 aromatic rings. The highest BCUT2D eigenvalue weighted by Crippen LogP contribution is 2.19. The fourth-order valence-electron chi connectivity index (χ4n) is 3.15. The van der Waals surface area contributed by atoms with E-state index < -0.39 is 0 Å². The maximum atomic E-state index is 12.3. The summed E-state index contributed by atoms with van der Waals surface area (Å²) in [5.41, 5.74) is 2.04. The van der Waals surface area contributed by atoms with Crippen LogP contribution in [0.4, 0.5) is 10.5 Å². The zero-order valence-corrected chi connectivity index (χ0v) is 17.0. The first-order chi connectivity index (χ1) is 13.6. The Labute approximate surface area is 170 Å². The van der Waals surface area contributed by atoms with E-state index in [1.54, 1.807) is 11.8 Å². The number of nitrogens with zero attached hydrogens (tertiary/aromatic N) is 1. The Morgan fingerprint density at radius 1 is 1.04 bits per heavy atom. The van der Waals surface area contributed by atoms with Gasteiger partial charge in [0.25, 0.3) is 0 Å². The lowest BCUT2D eigenvalue weighted by molar-refractivity contribution is -0.121. The summed E-state index contributed by atoms with van der Waals surface area (Å²) in [6, 6.07) is 17.9. The van der Waals surface area contributed by atoms with E-state index in [4.69, 9.17) is 0 Å². The van der Waals surface area contributed by atoms with E-state index in [1.807, 2.05) is 35.2 Å². The third-order valence-corrected chi connectivity index (χ3v) is 5.80. The summed E-state index contributed by atoms with van der Waals surface area (Å²) in [5, 5.41) is 6.02. The van der Waals surface area contributed by atoms with Crippen LogP contribution in [0.25, 0.3) is 0 Å². The van der Waals surface area contributed by atoms with Gasteiger partial charge in [0.1, 0.15) is 0 Å². The van der Waals surface area contributed by atoms with Crippen LogP contribution < -0.4 is 10.6 Å². The highest BCUT2D eigenvalue weighted by molar-refractivity contribution is 7.99. The monoisotopic (exact) mass is 397 g/mol. The molecule has 1 saturated heterocycles. The second-order valence-electron chi connectivity index (χ2n) is 7.04. The molecular formula is C22H27N3O2S. The topological polar surface area (TPSA) is 61.4 Å². The van der Waals surface area contributed by atoms with Crippen molar-refractivity contribution in [3.63, 3.8) is 0 Å². The van der Waals surface area contributed by atoms with E-state index in [2.05, 4.69) is 41.8 Å². The molecule has 1 aliphatic heterocycles. The maximum absolute atomic E-state index is 12.3. The molecule has 0 atom stereocenters. The van der Waals surface area contributed by atoms with Gasteiger partial charge in [-0.1, -0.05) is 35.9 Å². The Morgan fingerprint density at radius 2 is 1.71 bits per heavy atom. The molecule has 148 valence electrons. The number of rotatable bonds is 6. The Hall–Kier alpha value is -2.47.